The Hall–Kier alpha value is -1.60. The monoisotopic (exact) mass is 343 g/mol. The standard InChI is InChI=1S/C13H14BrNO5/c14-9-2-1-3-10(6-9)20-8-12(16)15-4-5-19-7-11(15)13(17)18/h1-3,6,11H,4-5,7-8H2,(H,17,18). The molecule has 1 aliphatic rings. The summed E-state index contributed by atoms with van der Waals surface area (Å²) >= 11 is 3.30. The highest BCUT2D eigenvalue weighted by Crippen LogP contribution is 2.18. The number of benzene rings is 1. The van der Waals surface area contributed by atoms with Gasteiger partial charge in [-0.3, -0.25) is 4.79 Å². The van der Waals surface area contributed by atoms with Gasteiger partial charge >= 0.3 is 5.97 Å². The van der Waals surface area contributed by atoms with Crippen LogP contribution in [0.4, 0.5) is 0 Å². The van der Waals surface area contributed by atoms with Crippen LogP contribution in [0.2, 0.25) is 0 Å². The number of hydrogen-bond acceptors (Lipinski definition) is 4. The molecule has 1 saturated heterocycles. The molecule has 0 aromatic heterocycles. The Morgan fingerprint density at radius 1 is 1.50 bits per heavy atom. The van der Waals surface area contributed by atoms with Crippen molar-refractivity contribution in [2.75, 3.05) is 26.4 Å². The molecule has 0 radical (unpaired) electrons. The van der Waals surface area contributed by atoms with Gasteiger partial charge in [-0.15, -0.1) is 0 Å². The lowest BCUT2D eigenvalue weighted by molar-refractivity contribution is -0.159. The lowest BCUT2D eigenvalue weighted by Crippen LogP contribution is -2.53. The number of ether oxygens (including phenoxy) is 2. The number of carboxylic acids is 1. The fraction of sp³-hybridized carbons (Fsp3) is 0.385. The normalized spacial score (nSPS) is 18.6. The summed E-state index contributed by atoms with van der Waals surface area (Å²) in [5.74, 6) is -0.881. The molecule has 1 atom stereocenters. The number of aliphatic carboxylic acids is 1. The number of carbonyl (C=O) groups excluding carboxylic acids is 1. The third kappa shape index (κ3) is 3.71. The summed E-state index contributed by atoms with van der Waals surface area (Å²) in [6.45, 7) is 0.419. The van der Waals surface area contributed by atoms with E-state index in [9.17, 15) is 9.59 Å². The number of morpholine rings is 1. The van der Waals surface area contributed by atoms with E-state index in [1.54, 1.807) is 18.2 Å². The van der Waals surface area contributed by atoms with Crippen LogP contribution >= 0.6 is 15.9 Å². The molecule has 0 spiro atoms. The predicted octanol–water partition coefficient (Wildman–Crippen LogP) is 1.14. The number of halogens is 1. The summed E-state index contributed by atoms with van der Waals surface area (Å²) in [7, 11) is 0. The Morgan fingerprint density at radius 3 is 3.00 bits per heavy atom. The van der Waals surface area contributed by atoms with Crippen molar-refractivity contribution in [2.24, 2.45) is 0 Å². The van der Waals surface area contributed by atoms with E-state index in [0.29, 0.717) is 12.4 Å². The van der Waals surface area contributed by atoms with E-state index in [0.717, 1.165) is 4.47 Å². The van der Waals surface area contributed by atoms with Gasteiger partial charge in [0.25, 0.3) is 5.91 Å². The number of amides is 1. The van der Waals surface area contributed by atoms with Gasteiger partial charge in [0.15, 0.2) is 12.6 Å². The second-order valence-corrected chi connectivity index (χ2v) is 5.18. The molecule has 1 heterocycles. The van der Waals surface area contributed by atoms with Crippen LogP contribution in [0.25, 0.3) is 0 Å². The molecule has 1 fully saturated rings. The second-order valence-electron chi connectivity index (χ2n) is 4.26. The molecule has 108 valence electrons. The van der Waals surface area contributed by atoms with E-state index in [2.05, 4.69) is 15.9 Å². The van der Waals surface area contributed by atoms with E-state index in [1.165, 1.54) is 4.90 Å². The Labute approximate surface area is 124 Å². The van der Waals surface area contributed by atoms with Gasteiger partial charge in [-0.1, -0.05) is 22.0 Å². The quantitative estimate of drug-likeness (QED) is 0.887. The molecule has 0 aliphatic carbocycles. The van der Waals surface area contributed by atoms with Gasteiger partial charge in [0, 0.05) is 11.0 Å². The lowest BCUT2D eigenvalue weighted by Gasteiger charge is -2.32. The van der Waals surface area contributed by atoms with Crippen molar-refractivity contribution >= 4 is 27.8 Å². The van der Waals surface area contributed by atoms with Crippen LogP contribution in [0.15, 0.2) is 28.7 Å². The van der Waals surface area contributed by atoms with Crippen LogP contribution in [0.3, 0.4) is 0 Å². The van der Waals surface area contributed by atoms with Gasteiger partial charge < -0.3 is 19.5 Å². The average molecular weight is 344 g/mol. The highest BCUT2D eigenvalue weighted by atomic mass is 79.9. The number of carbonyl (C=O) groups is 2. The van der Waals surface area contributed by atoms with Crippen LogP contribution in [0.5, 0.6) is 5.75 Å². The van der Waals surface area contributed by atoms with Crippen LogP contribution < -0.4 is 4.74 Å². The lowest BCUT2D eigenvalue weighted by atomic mass is 10.2. The molecule has 1 unspecified atom stereocenters. The molecule has 6 nitrogen and oxygen atoms in total. The number of nitrogens with zero attached hydrogens (tertiary/aromatic N) is 1. The van der Waals surface area contributed by atoms with Gasteiger partial charge in [-0.05, 0) is 18.2 Å². The van der Waals surface area contributed by atoms with Gasteiger partial charge in [0.05, 0.1) is 13.2 Å². The minimum atomic E-state index is -1.07. The zero-order valence-corrected chi connectivity index (χ0v) is 12.2. The molecule has 0 saturated carbocycles. The highest BCUT2D eigenvalue weighted by molar-refractivity contribution is 9.10. The van der Waals surface area contributed by atoms with Gasteiger partial charge in [-0.25, -0.2) is 4.79 Å². The largest absolute Gasteiger partial charge is 0.484 e. The van der Waals surface area contributed by atoms with E-state index in [4.69, 9.17) is 14.6 Å². The minimum absolute atomic E-state index is 0.0119. The number of rotatable bonds is 4. The van der Waals surface area contributed by atoms with Gasteiger partial charge in [0.1, 0.15) is 5.75 Å². The summed E-state index contributed by atoms with van der Waals surface area (Å²) < 4.78 is 11.3. The molecule has 7 heteroatoms. The Balaban J connectivity index is 1.95. The van der Waals surface area contributed by atoms with Crippen molar-refractivity contribution < 1.29 is 24.2 Å². The topological polar surface area (TPSA) is 76.1 Å². The van der Waals surface area contributed by atoms with Gasteiger partial charge in [-0.2, -0.15) is 0 Å². The van der Waals surface area contributed by atoms with Crippen molar-refractivity contribution in [1.82, 2.24) is 4.90 Å². The summed E-state index contributed by atoms with van der Waals surface area (Å²) in [4.78, 5) is 24.4. The first-order chi connectivity index (χ1) is 9.58. The Morgan fingerprint density at radius 2 is 2.30 bits per heavy atom. The summed E-state index contributed by atoms with van der Waals surface area (Å²) in [5, 5.41) is 9.06. The zero-order chi connectivity index (χ0) is 14.5. The molecule has 1 aliphatic heterocycles. The summed E-state index contributed by atoms with van der Waals surface area (Å²) in [6, 6.07) is 6.16. The molecular weight excluding hydrogens is 330 g/mol. The third-order valence-corrected chi connectivity index (χ3v) is 3.39. The molecular formula is C13H14BrNO5. The smallest absolute Gasteiger partial charge is 0.328 e. The van der Waals surface area contributed by atoms with E-state index in [1.807, 2.05) is 6.07 Å². The zero-order valence-electron chi connectivity index (χ0n) is 10.6. The molecule has 20 heavy (non-hydrogen) atoms. The minimum Gasteiger partial charge on any atom is -0.484 e. The Kier molecular flexibility index (Phi) is 4.97. The fourth-order valence-electron chi connectivity index (χ4n) is 1.89. The fourth-order valence-corrected chi connectivity index (χ4v) is 2.27. The van der Waals surface area contributed by atoms with Gasteiger partial charge in [0.2, 0.25) is 0 Å². The first-order valence-electron chi connectivity index (χ1n) is 6.06. The molecule has 1 amide bonds. The van der Waals surface area contributed by atoms with Crippen molar-refractivity contribution in [1.29, 1.82) is 0 Å². The van der Waals surface area contributed by atoms with E-state index in [-0.39, 0.29) is 25.7 Å². The average Bonchev–Trinajstić information content (AvgIpc) is 2.45. The van der Waals surface area contributed by atoms with Crippen molar-refractivity contribution in [3.63, 3.8) is 0 Å². The maximum atomic E-state index is 12.0. The third-order valence-electron chi connectivity index (χ3n) is 2.89. The molecule has 0 bridgehead atoms. The van der Waals surface area contributed by atoms with Crippen LogP contribution in [-0.4, -0.2) is 54.3 Å². The van der Waals surface area contributed by atoms with E-state index < -0.39 is 12.0 Å². The van der Waals surface area contributed by atoms with E-state index >= 15 is 0 Å². The summed E-state index contributed by atoms with van der Waals surface area (Å²) in [5.41, 5.74) is 0. The van der Waals surface area contributed by atoms with Crippen LogP contribution in [0, 0.1) is 0 Å². The maximum Gasteiger partial charge on any atom is 0.328 e. The predicted molar refractivity (Wildman–Crippen MR) is 73.6 cm³/mol. The first-order valence-corrected chi connectivity index (χ1v) is 6.85. The van der Waals surface area contributed by atoms with Crippen molar-refractivity contribution in [3.05, 3.63) is 28.7 Å². The molecule has 1 aromatic rings. The van der Waals surface area contributed by atoms with Crippen LogP contribution in [0.1, 0.15) is 0 Å². The molecule has 2 rings (SSSR count). The van der Waals surface area contributed by atoms with Crippen LogP contribution in [-0.2, 0) is 14.3 Å². The van der Waals surface area contributed by atoms with Crippen molar-refractivity contribution in [2.45, 2.75) is 6.04 Å². The summed E-state index contributed by atoms with van der Waals surface area (Å²) in [6.07, 6.45) is 0. The molecule has 1 N–H and O–H groups in total. The van der Waals surface area contributed by atoms with Crippen molar-refractivity contribution in [3.8, 4) is 5.75 Å². The number of hydrogen-bond donors (Lipinski definition) is 1. The SMILES string of the molecule is O=C(O)C1COCCN1C(=O)COc1cccc(Br)c1. The number of carboxylic acid groups (broad SMARTS) is 1. The maximum absolute atomic E-state index is 12.0. The first kappa shape index (κ1) is 14.8. The Bertz CT molecular complexity index is 507. The molecule has 1 aromatic carbocycles. The highest BCUT2D eigenvalue weighted by Gasteiger charge is 2.32. The second kappa shape index (κ2) is 6.71.